The van der Waals surface area contributed by atoms with Gasteiger partial charge in [-0.25, -0.2) is 8.78 Å². The molecule has 4 heteroatoms. The Morgan fingerprint density at radius 2 is 1.18 bits per heavy atom. The first-order valence-electron chi connectivity index (χ1n) is 12.3. The zero-order valence-corrected chi connectivity index (χ0v) is 21.8. The minimum Gasteiger partial charge on any atom is -0.206 e. The molecule has 3 aromatic carbocycles. The molecule has 0 saturated carbocycles. The standard InChI is InChI=1S/C28H28BrF2N.C2H6/c29-26-17-13-22(19-28(26)31)9-7-5-3-1-2-4-6-8-21-12-16-25(27(30)18-21)24-14-10-23(20-32)11-15-24;1-2/h10-19H,1-9H2;1-2H3. The van der Waals surface area contributed by atoms with Gasteiger partial charge in [-0.15, -0.1) is 0 Å². The lowest BCUT2D eigenvalue weighted by Crippen LogP contribution is -1.91. The Labute approximate surface area is 212 Å². The van der Waals surface area contributed by atoms with Gasteiger partial charge in [-0.2, -0.15) is 5.26 Å². The highest BCUT2D eigenvalue weighted by atomic mass is 79.9. The molecule has 0 saturated heterocycles. The van der Waals surface area contributed by atoms with Crippen LogP contribution in [0.5, 0.6) is 0 Å². The number of halogens is 3. The highest BCUT2D eigenvalue weighted by molar-refractivity contribution is 9.10. The third-order valence-electron chi connectivity index (χ3n) is 5.77. The zero-order valence-electron chi connectivity index (χ0n) is 20.2. The van der Waals surface area contributed by atoms with Crippen molar-refractivity contribution in [2.24, 2.45) is 0 Å². The Balaban J connectivity index is 0.00000199. The number of hydrogen-bond acceptors (Lipinski definition) is 1. The second-order valence-electron chi connectivity index (χ2n) is 8.23. The van der Waals surface area contributed by atoms with E-state index in [0.717, 1.165) is 48.8 Å². The lowest BCUT2D eigenvalue weighted by molar-refractivity contribution is 0.576. The summed E-state index contributed by atoms with van der Waals surface area (Å²) >= 11 is 3.19. The predicted molar refractivity (Wildman–Crippen MR) is 142 cm³/mol. The Hall–Kier alpha value is -2.51. The molecule has 1 nitrogen and oxygen atoms in total. The van der Waals surface area contributed by atoms with Gasteiger partial charge in [0.1, 0.15) is 11.6 Å². The first-order valence-corrected chi connectivity index (χ1v) is 13.1. The van der Waals surface area contributed by atoms with Gasteiger partial charge in [-0.1, -0.05) is 76.3 Å². The molecule has 3 aromatic rings. The van der Waals surface area contributed by atoms with E-state index in [2.05, 4.69) is 22.0 Å². The molecular weight excluding hydrogens is 492 g/mol. The van der Waals surface area contributed by atoms with Crippen LogP contribution >= 0.6 is 15.9 Å². The quantitative estimate of drug-likeness (QED) is 0.228. The summed E-state index contributed by atoms with van der Waals surface area (Å²) in [4.78, 5) is 0. The molecule has 0 N–H and O–H groups in total. The average molecular weight is 527 g/mol. The number of hydrogen-bond donors (Lipinski definition) is 0. The van der Waals surface area contributed by atoms with E-state index in [0.29, 0.717) is 15.6 Å². The number of nitrogens with zero attached hydrogens (tertiary/aromatic N) is 1. The molecule has 0 aromatic heterocycles. The fourth-order valence-electron chi connectivity index (χ4n) is 3.91. The highest BCUT2D eigenvalue weighted by Crippen LogP contribution is 2.25. The molecule has 0 amide bonds. The summed E-state index contributed by atoms with van der Waals surface area (Å²) < 4.78 is 28.6. The molecule has 3 rings (SSSR count). The Bertz CT molecular complexity index is 1050. The molecule has 0 heterocycles. The topological polar surface area (TPSA) is 23.8 Å². The lowest BCUT2D eigenvalue weighted by Gasteiger charge is -2.07. The summed E-state index contributed by atoms with van der Waals surface area (Å²) in [5.41, 5.74) is 4.03. The van der Waals surface area contributed by atoms with E-state index in [1.54, 1.807) is 42.5 Å². The van der Waals surface area contributed by atoms with E-state index in [-0.39, 0.29) is 11.6 Å². The van der Waals surface area contributed by atoms with Crippen LogP contribution in [-0.4, -0.2) is 0 Å². The van der Waals surface area contributed by atoms with E-state index < -0.39 is 0 Å². The van der Waals surface area contributed by atoms with Crippen molar-refractivity contribution in [3.05, 3.63) is 93.5 Å². The highest BCUT2D eigenvalue weighted by Gasteiger charge is 2.07. The largest absolute Gasteiger partial charge is 0.206 e. The maximum Gasteiger partial charge on any atom is 0.137 e. The summed E-state index contributed by atoms with van der Waals surface area (Å²) in [7, 11) is 0. The van der Waals surface area contributed by atoms with Crippen LogP contribution in [-0.2, 0) is 12.8 Å². The van der Waals surface area contributed by atoms with E-state index in [1.807, 2.05) is 32.0 Å². The third-order valence-corrected chi connectivity index (χ3v) is 6.42. The van der Waals surface area contributed by atoms with Crippen molar-refractivity contribution in [2.45, 2.75) is 71.6 Å². The first kappa shape index (κ1) is 27.7. The maximum atomic E-state index is 14.5. The van der Waals surface area contributed by atoms with Crippen LogP contribution in [0.1, 0.15) is 75.5 Å². The molecule has 0 atom stereocenters. The molecule has 0 aliphatic carbocycles. The van der Waals surface area contributed by atoms with E-state index in [9.17, 15) is 8.78 Å². The third kappa shape index (κ3) is 9.03. The molecule has 0 bridgehead atoms. The van der Waals surface area contributed by atoms with E-state index in [1.165, 1.54) is 25.7 Å². The van der Waals surface area contributed by atoms with Gasteiger partial charge in [-0.05, 0) is 88.6 Å². The smallest absolute Gasteiger partial charge is 0.137 e. The lowest BCUT2D eigenvalue weighted by atomic mass is 9.99. The summed E-state index contributed by atoms with van der Waals surface area (Å²) in [6.45, 7) is 4.00. The molecule has 0 radical (unpaired) electrons. The van der Waals surface area contributed by atoms with E-state index >= 15 is 0 Å². The van der Waals surface area contributed by atoms with Gasteiger partial charge in [-0.3, -0.25) is 0 Å². The van der Waals surface area contributed by atoms with Crippen molar-refractivity contribution >= 4 is 15.9 Å². The van der Waals surface area contributed by atoms with Crippen LogP contribution in [0, 0.1) is 23.0 Å². The molecule has 180 valence electrons. The molecule has 0 spiro atoms. The van der Waals surface area contributed by atoms with Crippen molar-refractivity contribution in [2.75, 3.05) is 0 Å². The number of nitriles is 1. The van der Waals surface area contributed by atoms with Gasteiger partial charge in [0.25, 0.3) is 0 Å². The summed E-state index contributed by atoms with van der Waals surface area (Å²) in [6, 6.07) is 19.9. The van der Waals surface area contributed by atoms with E-state index in [4.69, 9.17) is 5.26 Å². The van der Waals surface area contributed by atoms with Crippen LogP contribution < -0.4 is 0 Å². The zero-order chi connectivity index (χ0) is 24.8. The van der Waals surface area contributed by atoms with Gasteiger partial charge in [0, 0.05) is 5.56 Å². The summed E-state index contributed by atoms with van der Waals surface area (Å²) in [6.07, 6.45) is 9.89. The molecule has 34 heavy (non-hydrogen) atoms. The van der Waals surface area contributed by atoms with Crippen LogP contribution in [0.15, 0.2) is 65.1 Å². The Kier molecular flexibility index (Phi) is 12.6. The Morgan fingerprint density at radius 1 is 0.676 bits per heavy atom. The minimum atomic E-state index is -0.210. The van der Waals surface area contributed by atoms with Crippen molar-refractivity contribution in [1.82, 2.24) is 0 Å². The van der Waals surface area contributed by atoms with Crippen LogP contribution in [0.25, 0.3) is 11.1 Å². The van der Waals surface area contributed by atoms with Crippen LogP contribution in [0.4, 0.5) is 8.78 Å². The molecule has 0 unspecified atom stereocenters. The normalized spacial score (nSPS) is 10.4. The van der Waals surface area contributed by atoms with Gasteiger partial charge in [0.15, 0.2) is 0 Å². The maximum absolute atomic E-state index is 14.5. The van der Waals surface area contributed by atoms with Crippen molar-refractivity contribution < 1.29 is 8.78 Å². The van der Waals surface area contributed by atoms with Crippen molar-refractivity contribution in [3.8, 4) is 17.2 Å². The summed E-state index contributed by atoms with van der Waals surface area (Å²) in [5, 5.41) is 8.89. The predicted octanol–water partition coefficient (Wildman–Crippen LogP) is 9.81. The fourth-order valence-corrected chi connectivity index (χ4v) is 4.16. The average Bonchev–Trinajstić information content (AvgIpc) is 2.86. The first-order chi connectivity index (χ1) is 16.6. The van der Waals surface area contributed by atoms with Crippen molar-refractivity contribution in [1.29, 1.82) is 5.26 Å². The molecule has 0 fully saturated rings. The fraction of sp³-hybridized carbons (Fsp3) is 0.367. The number of aryl methyl sites for hydroxylation is 2. The van der Waals surface area contributed by atoms with Crippen molar-refractivity contribution in [3.63, 3.8) is 0 Å². The SMILES string of the molecule is CC.N#Cc1ccc(-c2ccc(CCCCCCCCCc3ccc(Br)c(F)c3)cc2F)cc1. The van der Waals surface area contributed by atoms with Crippen LogP contribution in [0.2, 0.25) is 0 Å². The number of benzene rings is 3. The minimum absolute atomic E-state index is 0.189. The number of unbranched alkanes of at least 4 members (excludes halogenated alkanes) is 6. The van der Waals surface area contributed by atoms with Gasteiger partial charge < -0.3 is 0 Å². The number of rotatable bonds is 11. The molecule has 0 aliphatic rings. The molecule has 0 aliphatic heterocycles. The van der Waals surface area contributed by atoms with Gasteiger partial charge in [0.05, 0.1) is 16.1 Å². The Morgan fingerprint density at radius 3 is 1.68 bits per heavy atom. The second-order valence-corrected chi connectivity index (χ2v) is 9.08. The second kappa shape index (κ2) is 15.4. The van der Waals surface area contributed by atoms with Gasteiger partial charge in [0.2, 0.25) is 0 Å². The van der Waals surface area contributed by atoms with Gasteiger partial charge >= 0.3 is 0 Å². The summed E-state index contributed by atoms with van der Waals surface area (Å²) in [5.74, 6) is -0.399. The molecular formula is C30H34BrF2N. The monoisotopic (exact) mass is 525 g/mol. The van der Waals surface area contributed by atoms with Crippen LogP contribution in [0.3, 0.4) is 0 Å².